The van der Waals surface area contributed by atoms with Gasteiger partial charge in [-0.3, -0.25) is 0 Å². The molecule has 106 valence electrons. The van der Waals surface area contributed by atoms with Gasteiger partial charge in [0.25, 0.3) is 0 Å². The first kappa shape index (κ1) is 14.6. The lowest BCUT2D eigenvalue weighted by Gasteiger charge is -2.34. The first-order valence-corrected chi connectivity index (χ1v) is 7.67. The minimum atomic E-state index is -0.297. The third-order valence-electron chi connectivity index (χ3n) is 4.98. The molecule has 19 heavy (non-hydrogen) atoms. The molecular weight excluding hydrogens is 232 g/mol. The van der Waals surface area contributed by atoms with E-state index >= 15 is 0 Å². The SMILES string of the molecule is CCC1(C(O)c2ccc(C(C)(C)C)cc2)CCCC1. The quantitative estimate of drug-likeness (QED) is 0.812. The van der Waals surface area contributed by atoms with Crippen LogP contribution in [0.25, 0.3) is 0 Å². The Balaban J connectivity index is 2.22. The average molecular weight is 260 g/mol. The van der Waals surface area contributed by atoms with Gasteiger partial charge in [0.05, 0.1) is 6.10 Å². The molecule has 1 aromatic carbocycles. The Labute approximate surface area is 118 Å². The molecule has 0 aliphatic heterocycles. The van der Waals surface area contributed by atoms with Crippen LogP contribution in [0, 0.1) is 5.41 Å². The summed E-state index contributed by atoms with van der Waals surface area (Å²) in [5, 5.41) is 10.8. The number of hydrogen-bond acceptors (Lipinski definition) is 1. The van der Waals surface area contributed by atoms with Crippen molar-refractivity contribution in [3.8, 4) is 0 Å². The van der Waals surface area contributed by atoms with Crippen molar-refractivity contribution in [3.05, 3.63) is 35.4 Å². The van der Waals surface area contributed by atoms with Crippen LogP contribution < -0.4 is 0 Å². The van der Waals surface area contributed by atoms with E-state index in [-0.39, 0.29) is 16.9 Å². The number of aliphatic hydroxyl groups is 1. The smallest absolute Gasteiger partial charge is 0.0846 e. The lowest BCUT2D eigenvalue weighted by molar-refractivity contribution is 0.0237. The van der Waals surface area contributed by atoms with Gasteiger partial charge in [0.1, 0.15) is 0 Å². The summed E-state index contributed by atoms with van der Waals surface area (Å²) >= 11 is 0. The molecule has 1 aromatic rings. The van der Waals surface area contributed by atoms with E-state index in [0.717, 1.165) is 12.0 Å². The summed E-state index contributed by atoms with van der Waals surface area (Å²) in [6.07, 6.45) is 5.66. The van der Waals surface area contributed by atoms with Crippen LogP contribution in [0.4, 0.5) is 0 Å². The van der Waals surface area contributed by atoms with Gasteiger partial charge in [-0.25, -0.2) is 0 Å². The van der Waals surface area contributed by atoms with Crippen LogP contribution in [-0.2, 0) is 5.41 Å². The summed E-state index contributed by atoms with van der Waals surface area (Å²) in [6, 6.07) is 8.61. The Kier molecular flexibility index (Phi) is 4.06. The molecule has 1 aliphatic carbocycles. The van der Waals surface area contributed by atoms with Crippen molar-refractivity contribution in [1.82, 2.24) is 0 Å². The molecule has 0 saturated heterocycles. The molecule has 1 heteroatoms. The third-order valence-corrected chi connectivity index (χ3v) is 4.98. The van der Waals surface area contributed by atoms with E-state index in [2.05, 4.69) is 52.0 Å². The van der Waals surface area contributed by atoms with E-state index in [0.29, 0.717) is 0 Å². The Morgan fingerprint density at radius 2 is 1.63 bits per heavy atom. The van der Waals surface area contributed by atoms with Crippen LogP contribution in [-0.4, -0.2) is 5.11 Å². The van der Waals surface area contributed by atoms with Crippen molar-refractivity contribution in [1.29, 1.82) is 0 Å². The Morgan fingerprint density at radius 3 is 2.05 bits per heavy atom. The molecule has 1 atom stereocenters. The summed E-state index contributed by atoms with van der Waals surface area (Å²) in [7, 11) is 0. The van der Waals surface area contributed by atoms with Gasteiger partial charge in [-0.05, 0) is 35.8 Å². The van der Waals surface area contributed by atoms with Crippen LogP contribution in [0.3, 0.4) is 0 Å². The fraction of sp³-hybridized carbons (Fsp3) is 0.667. The van der Waals surface area contributed by atoms with Gasteiger partial charge in [-0.2, -0.15) is 0 Å². The summed E-state index contributed by atoms with van der Waals surface area (Å²) < 4.78 is 0. The summed E-state index contributed by atoms with van der Waals surface area (Å²) in [6.45, 7) is 8.90. The summed E-state index contributed by atoms with van der Waals surface area (Å²) in [4.78, 5) is 0. The van der Waals surface area contributed by atoms with Gasteiger partial charge in [0.2, 0.25) is 0 Å². The molecule has 0 amide bonds. The zero-order valence-corrected chi connectivity index (χ0v) is 12.9. The van der Waals surface area contributed by atoms with E-state index in [1.54, 1.807) is 0 Å². The average Bonchev–Trinajstić information content (AvgIpc) is 2.87. The van der Waals surface area contributed by atoms with Crippen molar-refractivity contribution in [2.24, 2.45) is 5.41 Å². The van der Waals surface area contributed by atoms with E-state index in [4.69, 9.17) is 0 Å². The Morgan fingerprint density at radius 1 is 1.11 bits per heavy atom. The van der Waals surface area contributed by atoms with E-state index < -0.39 is 0 Å². The molecule has 1 nitrogen and oxygen atoms in total. The zero-order chi connectivity index (χ0) is 14.1. The largest absolute Gasteiger partial charge is 0.388 e. The predicted molar refractivity (Wildman–Crippen MR) is 81.3 cm³/mol. The number of rotatable bonds is 3. The normalized spacial score (nSPS) is 20.5. The highest BCUT2D eigenvalue weighted by atomic mass is 16.3. The molecule has 0 aromatic heterocycles. The minimum Gasteiger partial charge on any atom is -0.388 e. The highest BCUT2D eigenvalue weighted by Gasteiger charge is 2.39. The Bertz CT molecular complexity index is 404. The fourth-order valence-electron chi connectivity index (χ4n) is 3.42. The fourth-order valence-corrected chi connectivity index (χ4v) is 3.42. The molecule has 2 rings (SSSR count). The highest BCUT2D eigenvalue weighted by Crippen LogP contribution is 2.50. The van der Waals surface area contributed by atoms with E-state index in [1.807, 2.05) is 0 Å². The molecular formula is C18H28O. The number of hydrogen-bond donors (Lipinski definition) is 1. The standard InChI is InChI=1S/C18H28O/c1-5-18(12-6-7-13-18)16(19)14-8-10-15(11-9-14)17(2,3)4/h8-11,16,19H,5-7,12-13H2,1-4H3. The van der Waals surface area contributed by atoms with Crippen molar-refractivity contribution >= 4 is 0 Å². The lowest BCUT2D eigenvalue weighted by atomic mass is 9.75. The molecule has 1 saturated carbocycles. The van der Waals surface area contributed by atoms with Crippen molar-refractivity contribution in [3.63, 3.8) is 0 Å². The van der Waals surface area contributed by atoms with E-state index in [9.17, 15) is 5.11 Å². The molecule has 0 spiro atoms. The minimum absolute atomic E-state index is 0.128. The van der Waals surface area contributed by atoms with Crippen LogP contribution in [0.2, 0.25) is 0 Å². The van der Waals surface area contributed by atoms with E-state index in [1.165, 1.54) is 31.2 Å². The maximum Gasteiger partial charge on any atom is 0.0846 e. The van der Waals surface area contributed by atoms with Gasteiger partial charge in [-0.15, -0.1) is 0 Å². The second kappa shape index (κ2) is 5.28. The maximum atomic E-state index is 10.8. The molecule has 1 N–H and O–H groups in total. The van der Waals surface area contributed by atoms with Gasteiger partial charge >= 0.3 is 0 Å². The van der Waals surface area contributed by atoms with Gasteiger partial charge in [-0.1, -0.05) is 64.8 Å². The molecule has 0 radical (unpaired) electrons. The molecule has 1 unspecified atom stereocenters. The second-order valence-corrected chi connectivity index (χ2v) is 7.20. The molecule has 1 aliphatic rings. The third kappa shape index (κ3) is 2.86. The number of benzene rings is 1. The molecule has 0 heterocycles. The van der Waals surface area contributed by atoms with Crippen molar-refractivity contribution < 1.29 is 5.11 Å². The monoisotopic (exact) mass is 260 g/mol. The summed E-state index contributed by atoms with van der Waals surface area (Å²) in [5.41, 5.74) is 2.74. The Hall–Kier alpha value is -0.820. The first-order valence-electron chi connectivity index (χ1n) is 7.67. The number of aliphatic hydroxyl groups excluding tert-OH is 1. The molecule has 1 fully saturated rings. The van der Waals surface area contributed by atoms with Gasteiger partial charge in [0.15, 0.2) is 0 Å². The van der Waals surface area contributed by atoms with Crippen molar-refractivity contribution in [2.45, 2.75) is 71.3 Å². The lowest BCUT2D eigenvalue weighted by Crippen LogP contribution is -2.25. The topological polar surface area (TPSA) is 20.2 Å². The predicted octanol–water partition coefficient (Wildman–Crippen LogP) is 4.99. The maximum absolute atomic E-state index is 10.8. The second-order valence-electron chi connectivity index (χ2n) is 7.20. The van der Waals surface area contributed by atoms with Gasteiger partial charge in [0, 0.05) is 5.41 Å². The van der Waals surface area contributed by atoms with Crippen LogP contribution in [0.1, 0.15) is 77.0 Å². The van der Waals surface area contributed by atoms with Gasteiger partial charge < -0.3 is 5.11 Å². The highest BCUT2D eigenvalue weighted by molar-refractivity contribution is 5.29. The van der Waals surface area contributed by atoms with Crippen molar-refractivity contribution in [2.75, 3.05) is 0 Å². The van der Waals surface area contributed by atoms with Crippen LogP contribution in [0.5, 0.6) is 0 Å². The van der Waals surface area contributed by atoms with Crippen LogP contribution in [0.15, 0.2) is 24.3 Å². The van der Waals surface area contributed by atoms with Crippen LogP contribution >= 0.6 is 0 Å². The zero-order valence-electron chi connectivity index (χ0n) is 12.9. The first-order chi connectivity index (χ1) is 8.89. The molecule has 0 bridgehead atoms. The summed E-state index contributed by atoms with van der Waals surface area (Å²) in [5.74, 6) is 0.